The molecule has 0 heterocycles. The summed E-state index contributed by atoms with van der Waals surface area (Å²) in [6, 6.07) is 0. The van der Waals surface area contributed by atoms with Crippen LogP contribution in [-0.2, 0) is 23.8 Å². The summed E-state index contributed by atoms with van der Waals surface area (Å²) in [5.74, 6) is -2.05. The highest BCUT2D eigenvalue weighted by atomic mass is 16.5. The van der Waals surface area contributed by atoms with E-state index in [-0.39, 0.29) is 19.3 Å². The highest BCUT2D eigenvalue weighted by Gasteiger charge is 2.15. The number of carboxylic acid groups (broad SMARTS) is 2. The second-order valence-corrected chi connectivity index (χ2v) is 14.6. The van der Waals surface area contributed by atoms with Gasteiger partial charge in [-0.1, -0.05) is 19.8 Å². The van der Waals surface area contributed by atoms with Crippen LogP contribution >= 0.6 is 0 Å². The van der Waals surface area contributed by atoms with Crippen LogP contribution in [0.5, 0.6) is 0 Å². The first-order chi connectivity index (χ1) is 25.4. The molecule has 53 heavy (non-hydrogen) atoms. The van der Waals surface area contributed by atoms with Crippen LogP contribution in [-0.4, -0.2) is 225 Å². The van der Waals surface area contributed by atoms with Crippen molar-refractivity contribution in [3.8, 4) is 0 Å². The Morgan fingerprint density at radius 3 is 1.49 bits per heavy atom. The molecule has 0 bridgehead atoms. The van der Waals surface area contributed by atoms with Crippen LogP contribution in [0.4, 0.5) is 0 Å². The number of likely N-dealkylation sites (N-methyl/N-ethyl adjacent to an activating group) is 3. The third-order valence-electron chi connectivity index (χ3n) is 8.60. The summed E-state index contributed by atoms with van der Waals surface area (Å²) in [5, 5.41) is 28.5. The lowest BCUT2D eigenvalue weighted by atomic mass is 10.2. The molecule has 16 heteroatoms. The number of carbonyl (C=O) groups is 2. The molecule has 0 radical (unpaired) electrons. The van der Waals surface area contributed by atoms with Crippen LogP contribution in [0.2, 0.25) is 0 Å². The molecule has 316 valence electrons. The Bertz CT molecular complexity index is 819. The molecular weight excluding hydrogens is 682 g/mol. The average Bonchev–Trinajstić information content (AvgIpc) is 3.08. The Morgan fingerprint density at radius 2 is 1.00 bits per heavy atom. The molecule has 16 nitrogen and oxygen atoms in total. The fourth-order valence-electron chi connectivity index (χ4n) is 5.35. The quantitative estimate of drug-likeness (QED) is 0.0442. The zero-order valence-corrected chi connectivity index (χ0v) is 34.8. The van der Waals surface area contributed by atoms with Gasteiger partial charge in [0.05, 0.1) is 33.3 Å². The molecule has 0 aliphatic heterocycles. The number of carboxylic acids is 2. The van der Waals surface area contributed by atoms with Crippen molar-refractivity contribution in [3.63, 3.8) is 0 Å². The molecule has 0 aliphatic carbocycles. The van der Waals surface area contributed by atoms with Crippen molar-refractivity contribution in [1.29, 1.82) is 0 Å². The van der Waals surface area contributed by atoms with Gasteiger partial charge in [-0.05, 0) is 93.9 Å². The van der Waals surface area contributed by atoms with E-state index < -0.39 is 11.9 Å². The highest BCUT2D eigenvalue weighted by molar-refractivity contribution is 5.72. The van der Waals surface area contributed by atoms with Gasteiger partial charge in [0, 0.05) is 78.7 Å². The van der Waals surface area contributed by atoms with Gasteiger partial charge in [-0.25, -0.2) is 0 Å². The second-order valence-electron chi connectivity index (χ2n) is 14.6. The van der Waals surface area contributed by atoms with Gasteiger partial charge in [0.2, 0.25) is 0 Å². The van der Waals surface area contributed by atoms with E-state index in [1.807, 2.05) is 14.1 Å². The third kappa shape index (κ3) is 37.2. The minimum atomic E-state index is -1.03. The Kier molecular flexibility index (Phi) is 35.1. The van der Waals surface area contributed by atoms with Crippen LogP contribution in [0.3, 0.4) is 0 Å². The molecule has 1 atom stereocenters. The molecular formula is C37H81N9O7. The normalized spacial score (nSPS) is 12.8. The summed E-state index contributed by atoms with van der Waals surface area (Å²) in [7, 11) is 12.5. The number of nitrogens with zero attached hydrogens (tertiary/aromatic N) is 6. The van der Waals surface area contributed by atoms with E-state index in [0.29, 0.717) is 46.5 Å². The first-order valence-electron chi connectivity index (χ1n) is 19.9. The molecule has 0 aromatic heterocycles. The van der Waals surface area contributed by atoms with Crippen LogP contribution < -0.4 is 16.0 Å². The van der Waals surface area contributed by atoms with Crippen molar-refractivity contribution in [2.75, 3.05) is 167 Å². The Morgan fingerprint density at radius 1 is 0.547 bits per heavy atom. The predicted molar refractivity (Wildman–Crippen MR) is 213 cm³/mol. The topological polar surface area (TPSA) is 158 Å². The van der Waals surface area contributed by atoms with Gasteiger partial charge in [-0.3, -0.25) is 30.4 Å². The number of hydrogen-bond acceptors (Lipinski definition) is 14. The summed E-state index contributed by atoms with van der Waals surface area (Å²) in [4.78, 5) is 35.1. The molecule has 5 N–H and O–H groups in total. The molecule has 0 aromatic rings. The van der Waals surface area contributed by atoms with Crippen LogP contribution in [0.15, 0.2) is 0 Å². The summed E-state index contributed by atoms with van der Waals surface area (Å²) in [6.07, 6.45) is 8.25. The van der Waals surface area contributed by atoms with Gasteiger partial charge in [-0.2, -0.15) is 0 Å². The maximum Gasteiger partial charge on any atom is 0.317 e. The van der Waals surface area contributed by atoms with Gasteiger partial charge in [0.15, 0.2) is 0 Å². The summed E-state index contributed by atoms with van der Waals surface area (Å²) >= 11 is 0. The van der Waals surface area contributed by atoms with Crippen molar-refractivity contribution in [2.24, 2.45) is 0 Å². The van der Waals surface area contributed by atoms with E-state index in [4.69, 9.17) is 24.4 Å². The van der Waals surface area contributed by atoms with Gasteiger partial charge in [0.1, 0.15) is 6.23 Å². The Balaban J connectivity index is 4.43. The van der Waals surface area contributed by atoms with E-state index >= 15 is 0 Å². The van der Waals surface area contributed by atoms with E-state index in [2.05, 4.69) is 75.6 Å². The highest BCUT2D eigenvalue weighted by Crippen LogP contribution is 2.03. The number of nitrogens with one attached hydrogen (secondary N) is 3. The van der Waals surface area contributed by atoms with Crippen LogP contribution in [0, 0.1) is 0 Å². The molecule has 0 rings (SSSR count). The molecule has 0 amide bonds. The zero-order chi connectivity index (χ0) is 39.5. The number of rotatable bonds is 41. The van der Waals surface area contributed by atoms with Gasteiger partial charge in [-0.15, -0.1) is 0 Å². The maximum absolute atomic E-state index is 11.2. The zero-order valence-electron chi connectivity index (χ0n) is 34.8. The lowest BCUT2D eigenvalue weighted by molar-refractivity contribution is -0.141. The number of aliphatic carboxylic acids is 2. The lowest BCUT2D eigenvalue weighted by Gasteiger charge is -2.27. The number of unbranched alkanes of at least 4 members (excludes halogenated alkanes) is 3. The van der Waals surface area contributed by atoms with Crippen LogP contribution in [0.1, 0.15) is 58.3 Å². The number of hydrogen-bond donors (Lipinski definition) is 5. The van der Waals surface area contributed by atoms with Crippen molar-refractivity contribution in [3.05, 3.63) is 0 Å². The summed E-state index contributed by atoms with van der Waals surface area (Å²) < 4.78 is 17.9. The first-order valence-corrected chi connectivity index (χ1v) is 19.9. The standard InChI is InChI=1S/C37H81N9O7/c1-8-9-11-16-39-33-53-35(40-34-52-29-14-18-44(23-20-41(2)3)24-21-42(4)5)15-10-12-17-38-32-51-28-13-19-45(25-22-43(6)7)26-27-46(30-36(47)48)31-37(49)50/h35,38-40H,8-34H2,1-7H3,(H,47,48)(H,49,50)/t35-/m1/s1. The Hall–Kier alpha value is -1.54. The summed E-state index contributed by atoms with van der Waals surface area (Å²) in [5.41, 5.74) is 0. The van der Waals surface area contributed by atoms with Crippen molar-refractivity contribution in [2.45, 2.75) is 64.5 Å². The minimum Gasteiger partial charge on any atom is -0.480 e. The molecule has 0 saturated carbocycles. The van der Waals surface area contributed by atoms with Crippen LogP contribution in [0.25, 0.3) is 0 Å². The van der Waals surface area contributed by atoms with Crippen molar-refractivity contribution < 1.29 is 34.0 Å². The molecule has 0 aliphatic rings. The molecule has 0 aromatic carbocycles. The lowest BCUT2D eigenvalue weighted by Crippen LogP contribution is -2.42. The SMILES string of the molecule is CCCCCNCO[C@H](CCCCNCOCCCN(CCN(C)C)CCN(CC(=O)O)CC(=O)O)NCOCCCN(CCN(C)C)CCN(C)C. The van der Waals surface area contributed by atoms with Gasteiger partial charge >= 0.3 is 11.9 Å². The number of ether oxygens (including phenoxy) is 3. The maximum atomic E-state index is 11.2. The van der Waals surface area contributed by atoms with Gasteiger partial charge in [0.25, 0.3) is 0 Å². The fraction of sp³-hybridized carbons (Fsp3) is 0.946. The smallest absolute Gasteiger partial charge is 0.317 e. The molecule has 0 saturated heterocycles. The average molecular weight is 764 g/mol. The van der Waals surface area contributed by atoms with E-state index in [9.17, 15) is 9.59 Å². The van der Waals surface area contributed by atoms with Gasteiger partial charge < -0.3 is 48.9 Å². The molecule has 0 spiro atoms. The summed E-state index contributed by atoms with van der Waals surface area (Å²) in [6.45, 7) is 15.0. The van der Waals surface area contributed by atoms with Crippen molar-refractivity contribution in [1.82, 2.24) is 45.3 Å². The fourth-order valence-corrected chi connectivity index (χ4v) is 5.35. The largest absolute Gasteiger partial charge is 0.480 e. The third-order valence-corrected chi connectivity index (χ3v) is 8.60. The molecule has 0 unspecified atom stereocenters. The second kappa shape index (κ2) is 36.1. The van der Waals surface area contributed by atoms with E-state index in [1.54, 1.807) is 0 Å². The van der Waals surface area contributed by atoms with E-state index in [0.717, 1.165) is 104 Å². The monoisotopic (exact) mass is 764 g/mol. The predicted octanol–water partition coefficient (Wildman–Crippen LogP) is 0.904. The first kappa shape index (κ1) is 51.5. The minimum absolute atomic E-state index is 0.0719. The molecule has 0 fully saturated rings. The van der Waals surface area contributed by atoms with E-state index in [1.165, 1.54) is 17.7 Å². The Labute approximate surface area is 322 Å². The van der Waals surface area contributed by atoms with Crippen molar-refractivity contribution >= 4 is 11.9 Å².